The highest BCUT2D eigenvalue weighted by Crippen LogP contribution is 2.27. The van der Waals surface area contributed by atoms with Gasteiger partial charge in [0.25, 0.3) is 0 Å². The van der Waals surface area contributed by atoms with Crippen molar-refractivity contribution in [2.45, 2.75) is 70.3 Å². The zero-order valence-electron chi connectivity index (χ0n) is 12.5. The van der Waals surface area contributed by atoms with Gasteiger partial charge in [0.15, 0.2) is 0 Å². The van der Waals surface area contributed by atoms with Crippen molar-refractivity contribution in [3.05, 3.63) is 0 Å². The lowest BCUT2D eigenvalue weighted by molar-refractivity contribution is -0.123. The SMILES string of the molecule is CC(=O)NCCCCCC(=O)NCC1(O)CCCCC1. The Kier molecular flexibility index (Phi) is 7.59. The second kappa shape index (κ2) is 8.95. The first kappa shape index (κ1) is 17.0. The van der Waals surface area contributed by atoms with Gasteiger partial charge in [0, 0.05) is 26.4 Å². The lowest BCUT2D eigenvalue weighted by Crippen LogP contribution is -2.44. The molecule has 5 nitrogen and oxygen atoms in total. The molecule has 0 spiro atoms. The van der Waals surface area contributed by atoms with Crippen molar-refractivity contribution >= 4 is 11.8 Å². The van der Waals surface area contributed by atoms with E-state index >= 15 is 0 Å². The molecule has 0 heterocycles. The van der Waals surface area contributed by atoms with Gasteiger partial charge in [-0.25, -0.2) is 0 Å². The molecule has 1 aliphatic carbocycles. The Morgan fingerprint density at radius 2 is 1.75 bits per heavy atom. The summed E-state index contributed by atoms with van der Waals surface area (Å²) in [5.74, 6) is 0.00648. The molecule has 0 unspecified atom stereocenters. The third kappa shape index (κ3) is 7.48. The fourth-order valence-electron chi connectivity index (χ4n) is 2.59. The summed E-state index contributed by atoms with van der Waals surface area (Å²) >= 11 is 0. The molecule has 1 fully saturated rings. The number of carbonyl (C=O) groups is 2. The second-order valence-electron chi connectivity index (χ2n) is 5.86. The average Bonchev–Trinajstić information content (AvgIpc) is 2.41. The van der Waals surface area contributed by atoms with Crippen LogP contribution in [-0.4, -0.2) is 35.6 Å². The molecule has 1 rings (SSSR count). The van der Waals surface area contributed by atoms with E-state index in [0.717, 1.165) is 44.9 Å². The Morgan fingerprint density at radius 3 is 2.40 bits per heavy atom. The van der Waals surface area contributed by atoms with Gasteiger partial charge in [0.05, 0.1) is 5.60 Å². The number of carbonyl (C=O) groups excluding carboxylic acids is 2. The fraction of sp³-hybridized carbons (Fsp3) is 0.867. The predicted octanol–water partition coefficient (Wildman–Crippen LogP) is 1.49. The molecular formula is C15H28N2O3. The van der Waals surface area contributed by atoms with Crippen LogP contribution in [0.3, 0.4) is 0 Å². The Labute approximate surface area is 121 Å². The summed E-state index contributed by atoms with van der Waals surface area (Å²) in [6.07, 6.45) is 8.03. The number of rotatable bonds is 8. The van der Waals surface area contributed by atoms with Crippen LogP contribution in [-0.2, 0) is 9.59 Å². The molecule has 0 radical (unpaired) electrons. The van der Waals surface area contributed by atoms with E-state index in [1.807, 2.05) is 0 Å². The van der Waals surface area contributed by atoms with Gasteiger partial charge >= 0.3 is 0 Å². The molecule has 0 aromatic carbocycles. The first-order valence-electron chi connectivity index (χ1n) is 7.75. The molecule has 0 saturated heterocycles. The fourth-order valence-corrected chi connectivity index (χ4v) is 2.59. The standard InChI is InChI=1S/C15H28N2O3/c1-13(18)16-11-7-2-4-8-14(19)17-12-15(20)9-5-3-6-10-15/h20H,2-12H2,1H3,(H,16,18)(H,17,19). The second-order valence-corrected chi connectivity index (χ2v) is 5.86. The van der Waals surface area contributed by atoms with Crippen LogP contribution in [0.25, 0.3) is 0 Å². The van der Waals surface area contributed by atoms with Crippen molar-refractivity contribution in [2.75, 3.05) is 13.1 Å². The van der Waals surface area contributed by atoms with Crippen LogP contribution in [0.4, 0.5) is 0 Å². The Bertz CT molecular complexity index is 312. The number of amides is 2. The van der Waals surface area contributed by atoms with Gasteiger partial charge in [-0.2, -0.15) is 0 Å². The Hall–Kier alpha value is -1.10. The van der Waals surface area contributed by atoms with Crippen LogP contribution in [0, 0.1) is 0 Å². The molecule has 1 saturated carbocycles. The highest BCUT2D eigenvalue weighted by molar-refractivity contribution is 5.75. The van der Waals surface area contributed by atoms with Crippen LogP contribution in [0.5, 0.6) is 0 Å². The van der Waals surface area contributed by atoms with Crippen LogP contribution in [0.2, 0.25) is 0 Å². The van der Waals surface area contributed by atoms with Gasteiger partial charge in [0.2, 0.25) is 11.8 Å². The largest absolute Gasteiger partial charge is 0.388 e. The van der Waals surface area contributed by atoms with Crippen LogP contribution in [0.15, 0.2) is 0 Å². The molecular weight excluding hydrogens is 256 g/mol. The van der Waals surface area contributed by atoms with E-state index in [9.17, 15) is 14.7 Å². The summed E-state index contributed by atoms with van der Waals surface area (Å²) in [4.78, 5) is 22.3. The highest BCUT2D eigenvalue weighted by atomic mass is 16.3. The van der Waals surface area contributed by atoms with Gasteiger partial charge in [-0.05, 0) is 25.7 Å². The van der Waals surface area contributed by atoms with Gasteiger partial charge in [-0.3, -0.25) is 9.59 Å². The molecule has 116 valence electrons. The molecule has 0 atom stereocenters. The first-order chi connectivity index (χ1) is 9.52. The average molecular weight is 284 g/mol. The van der Waals surface area contributed by atoms with Crippen molar-refractivity contribution in [3.63, 3.8) is 0 Å². The van der Waals surface area contributed by atoms with E-state index in [2.05, 4.69) is 10.6 Å². The maximum atomic E-state index is 11.7. The summed E-state index contributed by atoms with van der Waals surface area (Å²) in [7, 11) is 0. The quantitative estimate of drug-likeness (QED) is 0.591. The maximum Gasteiger partial charge on any atom is 0.220 e. The summed E-state index contributed by atoms with van der Waals surface area (Å²) in [6.45, 7) is 2.57. The molecule has 0 aliphatic heterocycles. The number of nitrogens with one attached hydrogen (secondary N) is 2. The van der Waals surface area contributed by atoms with Gasteiger partial charge in [0.1, 0.15) is 0 Å². The highest BCUT2D eigenvalue weighted by Gasteiger charge is 2.29. The Balaban J connectivity index is 2.01. The zero-order valence-corrected chi connectivity index (χ0v) is 12.5. The van der Waals surface area contributed by atoms with Crippen molar-refractivity contribution in [3.8, 4) is 0 Å². The summed E-state index contributed by atoms with van der Waals surface area (Å²) in [6, 6.07) is 0. The normalized spacial score (nSPS) is 17.5. The van der Waals surface area contributed by atoms with Crippen molar-refractivity contribution in [1.82, 2.24) is 10.6 Å². The van der Waals surface area contributed by atoms with E-state index < -0.39 is 5.60 Å². The van der Waals surface area contributed by atoms with Gasteiger partial charge in [-0.1, -0.05) is 25.7 Å². The van der Waals surface area contributed by atoms with Crippen molar-refractivity contribution < 1.29 is 14.7 Å². The topological polar surface area (TPSA) is 78.4 Å². The smallest absolute Gasteiger partial charge is 0.220 e. The van der Waals surface area contributed by atoms with E-state index in [-0.39, 0.29) is 11.8 Å². The van der Waals surface area contributed by atoms with Crippen LogP contribution >= 0.6 is 0 Å². The first-order valence-corrected chi connectivity index (χ1v) is 7.75. The van der Waals surface area contributed by atoms with Crippen molar-refractivity contribution in [2.24, 2.45) is 0 Å². The predicted molar refractivity (Wildman–Crippen MR) is 78.2 cm³/mol. The molecule has 5 heteroatoms. The molecule has 1 aliphatic rings. The molecule has 20 heavy (non-hydrogen) atoms. The Morgan fingerprint density at radius 1 is 1.05 bits per heavy atom. The van der Waals surface area contributed by atoms with Crippen LogP contribution < -0.4 is 10.6 Å². The van der Waals surface area contributed by atoms with E-state index in [4.69, 9.17) is 0 Å². The van der Waals surface area contributed by atoms with E-state index in [1.54, 1.807) is 0 Å². The zero-order chi connectivity index (χ0) is 14.8. The maximum absolute atomic E-state index is 11.7. The molecule has 3 N–H and O–H groups in total. The molecule has 0 aromatic rings. The summed E-state index contributed by atoms with van der Waals surface area (Å²) < 4.78 is 0. The summed E-state index contributed by atoms with van der Waals surface area (Å²) in [5.41, 5.74) is -0.681. The van der Waals surface area contributed by atoms with E-state index in [0.29, 0.717) is 19.5 Å². The van der Waals surface area contributed by atoms with Gasteiger partial charge in [-0.15, -0.1) is 0 Å². The minimum absolute atomic E-state index is 0.0107. The third-order valence-corrected chi connectivity index (χ3v) is 3.85. The molecule has 2 amide bonds. The lowest BCUT2D eigenvalue weighted by atomic mass is 9.85. The molecule has 0 aromatic heterocycles. The van der Waals surface area contributed by atoms with Gasteiger partial charge < -0.3 is 15.7 Å². The molecule has 0 bridgehead atoms. The number of hydrogen-bond donors (Lipinski definition) is 3. The third-order valence-electron chi connectivity index (χ3n) is 3.85. The van der Waals surface area contributed by atoms with Crippen molar-refractivity contribution in [1.29, 1.82) is 0 Å². The number of aliphatic hydroxyl groups is 1. The van der Waals surface area contributed by atoms with E-state index in [1.165, 1.54) is 13.3 Å². The lowest BCUT2D eigenvalue weighted by Gasteiger charge is -2.32. The minimum Gasteiger partial charge on any atom is -0.388 e. The number of hydrogen-bond acceptors (Lipinski definition) is 3. The number of unbranched alkanes of at least 4 members (excludes halogenated alkanes) is 2. The minimum atomic E-state index is -0.681. The van der Waals surface area contributed by atoms with Crippen LogP contribution in [0.1, 0.15) is 64.7 Å². The monoisotopic (exact) mass is 284 g/mol. The summed E-state index contributed by atoms with van der Waals surface area (Å²) in [5, 5.41) is 15.8.